The van der Waals surface area contributed by atoms with Crippen molar-refractivity contribution >= 4 is 6.34 Å². The van der Waals surface area contributed by atoms with Crippen LogP contribution in [0.1, 0.15) is 13.3 Å². The van der Waals surface area contributed by atoms with E-state index in [1.54, 1.807) is 6.34 Å². The van der Waals surface area contributed by atoms with Crippen LogP contribution in [0.4, 0.5) is 4.39 Å². The van der Waals surface area contributed by atoms with Gasteiger partial charge in [-0.1, -0.05) is 36.1 Å². The van der Waals surface area contributed by atoms with Crippen molar-refractivity contribution in [3.63, 3.8) is 0 Å². The molecule has 0 bridgehead atoms. The summed E-state index contributed by atoms with van der Waals surface area (Å²) in [6.45, 7) is 3.48. The summed E-state index contributed by atoms with van der Waals surface area (Å²) in [5, 5.41) is 0. The van der Waals surface area contributed by atoms with E-state index in [-0.39, 0.29) is 12.6 Å². The lowest BCUT2D eigenvalue weighted by molar-refractivity contribution is 0.372. The van der Waals surface area contributed by atoms with Gasteiger partial charge in [-0.3, -0.25) is 4.99 Å². The summed E-state index contributed by atoms with van der Waals surface area (Å²) in [6.07, 6.45) is 10.6. The molecule has 0 saturated carbocycles. The van der Waals surface area contributed by atoms with Crippen molar-refractivity contribution < 1.29 is 4.39 Å². The van der Waals surface area contributed by atoms with E-state index >= 15 is 0 Å². The largest absolute Gasteiger partial charge is 0.361 e. The van der Waals surface area contributed by atoms with Crippen LogP contribution in [0.15, 0.2) is 29.3 Å². The zero-order valence-electron chi connectivity index (χ0n) is 10.3. The van der Waals surface area contributed by atoms with Crippen LogP contribution in [0.5, 0.6) is 0 Å². The van der Waals surface area contributed by atoms with Gasteiger partial charge >= 0.3 is 0 Å². The topological polar surface area (TPSA) is 15.6 Å². The van der Waals surface area contributed by atoms with Crippen molar-refractivity contribution in [2.24, 2.45) is 10.9 Å². The highest BCUT2D eigenvalue weighted by atomic mass is 19.1. The van der Waals surface area contributed by atoms with Gasteiger partial charge in [0.2, 0.25) is 0 Å². The van der Waals surface area contributed by atoms with Crippen molar-refractivity contribution in [1.82, 2.24) is 4.90 Å². The Morgan fingerprint density at radius 3 is 3.18 bits per heavy atom. The maximum atomic E-state index is 12.2. The Labute approximate surface area is 103 Å². The van der Waals surface area contributed by atoms with Crippen LogP contribution in [0.2, 0.25) is 0 Å². The number of alkyl halides is 1. The molecule has 0 amide bonds. The molecule has 1 rings (SSSR count). The quantitative estimate of drug-likeness (QED) is 0.391. The van der Waals surface area contributed by atoms with Gasteiger partial charge in [-0.2, -0.15) is 0 Å². The van der Waals surface area contributed by atoms with E-state index in [1.165, 1.54) is 0 Å². The number of aliphatic imine (C=N–C) groups is 1. The van der Waals surface area contributed by atoms with Gasteiger partial charge in [-0.15, -0.1) is 0 Å². The molecule has 0 aromatic carbocycles. The summed E-state index contributed by atoms with van der Waals surface area (Å²) in [6, 6.07) is 0. The minimum Gasteiger partial charge on any atom is -0.361 e. The number of halogens is 1. The average Bonchev–Trinajstić information content (AvgIpc) is 2.30. The van der Waals surface area contributed by atoms with Gasteiger partial charge in [0.15, 0.2) is 0 Å². The van der Waals surface area contributed by atoms with Gasteiger partial charge in [-0.05, 0) is 6.92 Å². The Hall–Kier alpha value is -1.56. The van der Waals surface area contributed by atoms with E-state index < -0.39 is 0 Å². The smallest absolute Gasteiger partial charge is 0.107 e. The summed E-state index contributed by atoms with van der Waals surface area (Å²) in [5.41, 5.74) is 0. The van der Waals surface area contributed by atoms with Gasteiger partial charge < -0.3 is 4.90 Å². The average molecular weight is 234 g/mol. The van der Waals surface area contributed by atoms with Crippen LogP contribution in [0.25, 0.3) is 0 Å². The van der Waals surface area contributed by atoms with Crippen molar-refractivity contribution in [3.8, 4) is 11.8 Å². The molecule has 92 valence electrons. The monoisotopic (exact) mass is 234 g/mol. The molecular weight excluding hydrogens is 215 g/mol. The zero-order valence-corrected chi connectivity index (χ0v) is 10.3. The molecule has 1 atom stereocenters. The summed E-state index contributed by atoms with van der Waals surface area (Å²) >= 11 is 0. The number of hydrogen-bond donors (Lipinski definition) is 0. The lowest BCUT2D eigenvalue weighted by Crippen LogP contribution is -2.24. The van der Waals surface area contributed by atoms with Crippen molar-refractivity contribution in [1.29, 1.82) is 0 Å². The minimum absolute atomic E-state index is 0.167. The Morgan fingerprint density at radius 2 is 2.41 bits per heavy atom. The van der Waals surface area contributed by atoms with E-state index in [2.05, 4.69) is 16.8 Å². The molecule has 0 aliphatic heterocycles. The lowest BCUT2D eigenvalue weighted by Gasteiger charge is -2.14. The third-order valence-electron chi connectivity index (χ3n) is 2.42. The SMILES string of the molecule is CCN(C=NCC1C#CCC=CC=C1)CCF. The Balaban J connectivity index is 2.42. The van der Waals surface area contributed by atoms with E-state index in [0.29, 0.717) is 13.1 Å². The van der Waals surface area contributed by atoms with Gasteiger partial charge in [0, 0.05) is 19.5 Å². The summed E-state index contributed by atoms with van der Waals surface area (Å²) in [7, 11) is 0. The van der Waals surface area contributed by atoms with Gasteiger partial charge in [0.25, 0.3) is 0 Å². The first-order valence-electron chi connectivity index (χ1n) is 5.98. The molecule has 0 radical (unpaired) electrons. The first-order valence-corrected chi connectivity index (χ1v) is 5.98. The molecular formula is C14H19FN2. The molecule has 2 nitrogen and oxygen atoms in total. The molecule has 1 unspecified atom stereocenters. The third kappa shape index (κ3) is 5.91. The molecule has 0 N–H and O–H groups in total. The van der Waals surface area contributed by atoms with Gasteiger partial charge in [0.1, 0.15) is 6.67 Å². The predicted molar refractivity (Wildman–Crippen MR) is 70.7 cm³/mol. The van der Waals surface area contributed by atoms with Gasteiger partial charge in [-0.25, -0.2) is 4.39 Å². The highest BCUT2D eigenvalue weighted by Gasteiger charge is 1.99. The fourth-order valence-corrected chi connectivity index (χ4v) is 1.43. The zero-order chi connectivity index (χ0) is 12.3. The van der Waals surface area contributed by atoms with E-state index in [1.807, 2.05) is 36.1 Å². The van der Waals surface area contributed by atoms with Gasteiger partial charge in [0.05, 0.1) is 18.8 Å². The normalized spacial score (nSPS) is 18.6. The fourth-order valence-electron chi connectivity index (χ4n) is 1.43. The van der Waals surface area contributed by atoms with Crippen molar-refractivity contribution in [2.45, 2.75) is 13.3 Å². The Bertz CT molecular complexity index is 347. The summed E-state index contributed by atoms with van der Waals surface area (Å²) in [4.78, 5) is 6.17. The molecule has 17 heavy (non-hydrogen) atoms. The van der Waals surface area contributed by atoms with E-state index in [4.69, 9.17) is 0 Å². The molecule has 0 fully saturated rings. The molecule has 0 spiro atoms. The van der Waals surface area contributed by atoms with Crippen molar-refractivity contribution in [3.05, 3.63) is 24.3 Å². The molecule has 0 heterocycles. The lowest BCUT2D eigenvalue weighted by atomic mass is 10.1. The van der Waals surface area contributed by atoms with Crippen LogP contribution in [-0.2, 0) is 0 Å². The maximum absolute atomic E-state index is 12.2. The van der Waals surface area contributed by atoms with Crippen LogP contribution in [-0.4, -0.2) is 37.5 Å². The second kappa shape index (κ2) is 8.58. The third-order valence-corrected chi connectivity index (χ3v) is 2.42. The molecule has 0 saturated heterocycles. The Morgan fingerprint density at radius 1 is 1.53 bits per heavy atom. The first-order chi connectivity index (χ1) is 8.36. The second-order valence-electron chi connectivity index (χ2n) is 3.74. The standard InChI is InChI=1S/C14H19FN2/c1-2-17(11-10-15)13-16-12-14-8-6-4-3-5-7-9-14/h3-4,6,8,13-14H,2,5,10-12H2,1H3. The fraction of sp³-hybridized carbons (Fsp3) is 0.500. The number of allylic oxidation sites excluding steroid dienone is 3. The second-order valence-corrected chi connectivity index (χ2v) is 3.74. The van der Waals surface area contributed by atoms with Crippen LogP contribution in [0.3, 0.4) is 0 Å². The minimum atomic E-state index is -0.339. The van der Waals surface area contributed by atoms with E-state index in [9.17, 15) is 4.39 Å². The molecule has 0 aromatic heterocycles. The highest BCUT2D eigenvalue weighted by molar-refractivity contribution is 5.54. The first kappa shape index (κ1) is 13.5. The Kier molecular flexibility index (Phi) is 6.81. The van der Waals surface area contributed by atoms with Crippen molar-refractivity contribution in [2.75, 3.05) is 26.3 Å². The molecule has 1 aliphatic carbocycles. The summed E-state index contributed by atoms with van der Waals surface area (Å²) < 4.78 is 12.2. The molecule has 1 aliphatic rings. The highest BCUT2D eigenvalue weighted by Crippen LogP contribution is 2.01. The molecule has 0 aromatic rings. The van der Waals surface area contributed by atoms with Crippen LogP contribution >= 0.6 is 0 Å². The van der Waals surface area contributed by atoms with Crippen LogP contribution < -0.4 is 0 Å². The van der Waals surface area contributed by atoms with Crippen LogP contribution in [0, 0.1) is 17.8 Å². The van der Waals surface area contributed by atoms with E-state index in [0.717, 1.165) is 13.0 Å². The maximum Gasteiger partial charge on any atom is 0.107 e. The predicted octanol–water partition coefficient (Wildman–Crippen LogP) is 2.44. The number of nitrogens with zero attached hydrogens (tertiary/aromatic N) is 2. The summed E-state index contributed by atoms with van der Waals surface area (Å²) in [5.74, 6) is 6.40. The molecule has 3 heteroatoms. The number of rotatable bonds is 6. The number of hydrogen-bond acceptors (Lipinski definition) is 1.